The van der Waals surface area contributed by atoms with Gasteiger partial charge in [0.15, 0.2) is 0 Å². The van der Waals surface area contributed by atoms with Gasteiger partial charge in [-0.25, -0.2) is 8.42 Å². The number of aryl methyl sites for hydroxylation is 2. The number of unbranched alkanes of at least 4 members (excludes halogenated alkanes) is 1. The summed E-state index contributed by atoms with van der Waals surface area (Å²) in [5, 5.41) is 3.22. The van der Waals surface area contributed by atoms with Crippen molar-refractivity contribution in [2.45, 2.75) is 44.9 Å². The molecule has 0 aliphatic carbocycles. The van der Waals surface area contributed by atoms with E-state index in [1.54, 1.807) is 6.07 Å². The predicted molar refractivity (Wildman–Crippen MR) is 104 cm³/mol. The van der Waals surface area contributed by atoms with Crippen molar-refractivity contribution in [3.05, 3.63) is 29.3 Å². The molecular weight excluding hydrogens is 350 g/mol. The number of carbonyl (C=O) groups excluding carboxylic acids is 1. The minimum Gasteiger partial charge on any atom is -0.340 e. The largest absolute Gasteiger partial charge is 0.340 e. The summed E-state index contributed by atoms with van der Waals surface area (Å²) in [7, 11) is -3.60. The van der Waals surface area contributed by atoms with E-state index in [2.05, 4.69) is 5.32 Å². The number of carbonyl (C=O) groups is 1. The Bertz CT molecular complexity index is 713. The molecule has 1 N–H and O–H groups in total. The van der Waals surface area contributed by atoms with Crippen LogP contribution in [0.25, 0.3) is 0 Å². The minimum absolute atomic E-state index is 0.0313. The second kappa shape index (κ2) is 9.48. The van der Waals surface area contributed by atoms with Crippen LogP contribution in [0.3, 0.4) is 0 Å². The van der Waals surface area contributed by atoms with Gasteiger partial charge >= 0.3 is 0 Å². The molecule has 0 radical (unpaired) electrons. The van der Waals surface area contributed by atoms with Crippen LogP contribution in [0.1, 0.15) is 37.3 Å². The highest BCUT2D eigenvalue weighted by molar-refractivity contribution is 7.89. The van der Waals surface area contributed by atoms with E-state index in [0.717, 1.165) is 37.1 Å². The van der Waals surface area contributed by atoms with Crippen molar-refractivity contribution >= 4 is 15.9 Å². The van der Waals surface area contributed by atoms with E-state index in [0.29, 0.717) is 24.5 Å². The first-order chi connectivity index (χ1) is 12.4. The van der Waals surface area contributed by atoms with Crippen molar-refractivity contribution in [1.29, 1.82) is 0 Å². The SMILES string of the molecule is CCCCN(CCC(=O)N1CCNCC1)S(=O)(=O)c1ccc(C)cc1C. The van der Waals surface area contributed by atoms with Crippen molar-refractivity contribution in [3.8, 4) is 0 Å². The molecule has 1 aromatic rings. The van der Waals surface area contributed by atoms with E-state index in [1.807, 2.05) is 37.8 Å². The zero-order chi connectivity index (χ0) is 19.2. The fraction of sp³-hybridized carbons (Fsp3) is 0.632. The molecule has 1 heterocycles. The summed E-state index contributed by atoms with van der Waals surface area (Å²) in [6, 6.07) is 5.39. The van der Waals surface area contributed by atoms with Crippen molar-refractivity contribution < 1.29 is 13.2 Å². The molecule has 7 heteroatoms. The molecule has 2 rings (SSSR count). The summed E-state index contributed by atoms with van der Waals surface area (Å²) in [5.74, 6) is 0.0313. The molecule has 0 unspecified atom stereocenters. The second-order valence-corrected chi connectivity index (χ2v) is 8.81. The van der Waals surface area contributed by atoms with Crippen LogP contribution in [-0.2, 0) is 14.8 Å². The molecule has 0 atom stereocenters. The standard InChI is InChI=1S/C19H31N3O3S/c1-4-5-11-22(12-8-19(23)21-13-9-20-10-14-21)26(24,25)18-7-6-16(2)15-17(18)3/h6-7,15,20H,4-5,8-14H2,1-3H3. The molecule has 0 spiro atoms. The van der Waals surface area contributed by atoms with E-state index < -0.39 is 10.0 Å². The average Bonchev–Trinajstić information content (AvgIpc) is 2.61. The van der Waals surface area contributed by atoms with Gasteiger partial charge < -0.3 is 10.2 Å². The molecular formula is C19H31N3O3S. The summed E-state index contributed by atoms with van der Waals surface area (Å²) < 4.78 is 27.8. The predicted octanol–water partition coefficient (Wildman–Crippen LogP) is 1.92. The van der Waals surface area contributed by atoms with Gasteiger partial charge in [0.05, 0.1) is 4.90 Å². The molecule has 0 aromatic heterocycles. The highest BCUT2D eigenvalue weighted by Gasteiger charge is 2.27. The Morgan fingerprint density at radius 1 is 1.19 bits per heavy atom. The smallest absolute Gasteiger partial charge is 0.243 e. The van der Waals surface area contributed by atoms with Crippen LogP contribution in [0.2, 0.25) is 0 Å². The van der Waals surface area contributed by atoms with Crippen LogP contribution >= 0.6 is 0 Å². The number of amides is 1. The average molecular weight is 382 g/mol. The summed E-state index contributed by atoms with van der Waals surface area (Å²) in [6.45, 7) is 9.47. The quantitative estimate of drug-likeness (QED) is 0.747. The topological polar surface area (TPSA) is 69.7 Å². The number of hydrogen-bond donors (Lipinski definition) is 1. The lowest BCUT2D eigenvalue weighted by Crippen LogP contribution is -2.47. The third-order valence-corrected chi connectivity index (χ3v) is 6.81. The van der Waals surface area contributed by atoms with Gasteiger partial charge in [0, 0.05) is 45.7 Å². The minimum atomic E-state index is -3.60. The Hall–Kier alpha value is -1.44. The van der Waals surface area contributed by atoms with E-state index >= 15 is 0 Å². The Morgan fingerprint density at radius 3 is 2.50 bits per heavy atom. The zero-order valence-corrected chi connectivity index (χ0v) is 16.9. The van der Waals surface area contributed by atoms with Crippen LogP contribution in [0.15, 0.2) is 23.1 Å². The van der Waals surface area contributed by atoms with Gasteiger partial charge in [0.1, 0.15) is 0 Å². The van der Waals surface area contributed by atoms with Gasteiger partial charge in [0.2, 0.25) is 15.9 Å². The Kier molecular flexibility index (Phi) is 7.61. The third-order valence-electron chi connectivity index (χ3n) is 4.75. The molecule has 1 aliphatic rings. The fourth-order valence-electron chi connectivity index (χ4n) is 3.21. The van der Waals surface area contributed by atoms with E-state index in [-0.39, 0.29) is 18.9 Å². The number of piperazine rings is 1. The first-order valence-electron chi connectivity index (χ1n) is 9.42. The summed E-state index contributed by atoms with van der Waals surface area (Å²) in [5.41, 5.74) is 1.79. The number of sulfonamides is 1. The van der Waals surface area contributed by atoms with Crippen molar-refractivity contribution in [3.63, 3.8) is 0 Å². The number of rotatable bonds is 8. The van der Waals surface area contributed by atoms with Gasteiger partial charge in [-0.15, -0.1) is 0 Å². The molecule has 6 nitrogen and oxygen atoms in total. The van der Waals surface area contributed by atoms with E-state index in [1.165, 1.54) is 4.31 Å². The summed E-state index contributed by atoms with van der Waals surface area (Å²) >= 11 is 0. The second-order valence-electron chi connectivity index (χ2n) is 6.91. The summed E-state index contributed by atoms with van der Waals surface area (Å²) in [6.07, 6.45) is 1.92. The Labute approximate surface area is 157 Å². The number of benzene rings is 1. The first kappa shape index (κ1) is 20.9. The molecule has 1 aliphatic heterocycles. The third kappa shape index (κ3) is 5.28. The highest BCUT2D eigenvalue weighted by Crippen LogP contribution is 2.22. The van der Waals surface area contributed by atoms with Gasteiger partial charge in [-0.3, -0.25) is 4.79 Å². The lowest BCUT2D eigenvalue weighted by molar-refractivity contribution is -0.131. The first-order valence-corrected chi connectivity index (χ1v) is 10.9. The normalized spacial score (nSPS) is 15.5. The van der Waals surface area contributed by atoms with Crippen LogP contribution in [-0.4, -0.2) is 62.8 Å². The van der Waals surface area contributed by atoms with Crippen LogP contribution < -0.4 is 5.32 Å². The van der Waals surface area contributed by atoms with Crippen LogP contribution in [0.5, 0.6) is 0 Å². The molecule has 1 amide bonds. The maximum atomic E-state index is 13.2. The summed E-state index contributed by atoms with van der Waals surface area (Å²) in [4.78, 5) is 14.6. The molecule has 0 bridgehead atoms. The fourth-order valence-corrected chi connectivity index (χ4v) is 4.89. The maximum Gasteiger partial charge on any atom is 0.243 e. The number of hydrogen-bond acceptors (Lipinski definition) is 4. The molecule has 1 aromatic carbocycles. The van der Waals surface area contributed by atoms with Gasteiger partial charge in [0.25, 0.3) is 0 Å². The number of nitrogens with zero attached hydrogens (tertiary/aromatic N) is 2. The number of nitrogens with one attached hydrogen (secondary N) is 1. The van der Waals surface area contributed by atoms with Crippen molar-refractivity contribution in [1.82, 2.24) is 14.5 Å². The lowest BCUT2D eigenvalue weighted by atomic mass is 10.2. The molecule has 26 heavy (non-hydrogen) atoms. The Balaban J connectivity index is 2.13. The van der Waals surface area contributed by atoms with Gasteiger partial charge in [-0.2, -0.15) is 4.31 Å². The van der Waals surface area contributed by atoms with E-state index in [9.17, 15) is 13.2 Å². The van der Waals surface area contributed by atoms with Gasteiger partial charge in [-0.1, -0.05) is 31.0 Å². The molecule has 1 saturated heterocycles. The highest BCUT2D eigenvalue weighted by atomic mass is 32.2. The monoisotopic (exact) mass is 381 g/mol. The molecule has 146 valence electrons. The van der Waals surface area contributed by atoms with Gasteiger partial charge in [-0.05, 0) is 31.9 Å². The van der Waals surface area contributed by atoms with Crippen molar-refractivity contribution in [2.24, 2.45) is 0 Å². The maximum absolute atomic E-state index is 13.2. The lowest BCUT2D eigenvalue weighted by Gasteiger charge is -2.29. The Morgan fingerprint density at radius 2 is 1.88 bits per heavy atom. The van der Waals surface area contributed by atoms with Crippen molar-refractivity contribution in [2.75, 3.05) is 39.3 Å². The van der Waals surface area contributed by atoms with E-state index in [4.69, 9.17) is 0 Å². The molecule has 0 saturated carbocycles. The van der Waals surface area contributed by atoms with Crippen LogP contribution in [0, 0.1) is 13.8 Å². The zero-order valence-electron chi connectivity index (χ0n) is 16.1. The molecule has 1 fully saturated rings. The van der Waals surface area contributed by atoms with Crippen LogP contribution in [0.4, 0.5) is 0 Å².